The number of nitrogens with zero attached hydrogens (tertiary/aromatic N) is 1. The molecule has 0 saturated heterocycles. The summed E-state index contributed by atoms with van der Waals surface area (Å²) in [6.45, 7) is 3.13. The van der Waals surface area contributed by atoms with Crippen LogP contribution in [0.15, 0.2) is 30.5 Å². The van der Waals surface area contributed by atoms with Gasteiger partial charge in [-0.15, -0.1) is 0 Å². The van der Waals surface area contributed by atoms with Crippen molar-refractivity contribution < 1.29 is 4.79 Å². The lowest BCUT2D eigenvalue weighted by Gasteiger charge is -2.01. The van der Waals surface area contributed by atoms with Crippen molar-refractivity contribution in [3.8, 4) is 0 Å². The lowest BCUT2D eigenvalue weighted by Crippen LogP contribution is -2.12. The van der Waals surface area contributed by atoms with Crippen LogP contribution in [0.5, 0.6) is 0 Å². The van der Waals surface area contributed by atoms with Gasteiger partial charge in [0.25, 0.3) is 0 Å². The van der Waals surface area contributed by atoms with Gasteiger partial charge >= 0.3 is 0 Å². The maximum absolute atomic E-state index is 12.3. The molecule has 0 aliphatic heterocycles. The van der Waals surface area contributed by atoms with E-state index >= 15 is 0 Å². The standard InChI is InChI=1S/C13H15N3OS/c1-9-4-2-3-5-10(9)12(17)11-8-16-13(18-11)15-7-6-14/h2-5,8H,6-7,14H2,1H3,(H,15,16). The number of anilines is 1. The van der Waals surface area contributed by atoms with Crippen LogP contribution >= 0.6 is 11.3 Å². The van der Waals surface area contributed by atoms with Crippen molar-refractivity contribution in [1.29, 1.82) is 0 Å². The van der Waals surface area contributed by atoms with E-state index in [4.69, 9.17) is 5.73 Å². The second-order valence-corrected chi connectivity index (χ2v) is 4.92. The predicted molar refractivity (Wildman–Crippen MR) is 74.3 cm³/mol. The molecule has 2 rings (SSSR count). The molecule has 0 aliphatic rings. The summed E-state index contributed by atoms with van der Waals surface area (Å²) in [5, 5.41) is 3.80. The maximum Gasteiger partial charge on any atom is 0.204 e. The Hall–Kier alpha value is -1.72. The van der Waals surface area contributed by atoms with Crippen molar-refractivity contribution in [1.82, 2.24) is 4.98 Å². The van der Waals surface area contributed by atoms with Crippen molar-refractivity contribution in [2.75, 3.05) is 18.4 Å². The summed E-state index contributed by atoms with van der Waals surface area (Å²) in [6, 6.07) is 7.56. The summed E-state index contributed by atoms with van der Waals surface area (Å²) in [4.78, 5) is 17.1. The number of aryl methyl sites for hydroxylation is 1. The monoisotopic (exact) mass is 261 g/mol. The highest BCUT2D eigenvalue weighted by Crippen LogP contribution is 2.22. The third-order valence-electron chi connectivity index (χ3n) is 2.54. The summed E-state index contributed by atoms with van der Waals surface area (Å²) >= 11 is 1.36. The number of hydrogen-bond donors (Lipinski definition) is 2. The van der Waals surface area contributed by atoms with Gasteiger partial charge in [0.05, 0.1) is 11.1 Å². The normalized spacial score (nSPS) is 10.3. The first kappa shape index (κ1) is 12.7. The van der Waals surface area contributed by atoms with Gasteiger partial charge in [-0.1, -0.05) is 35.6 Å². The van der Waals surface area contributed by atoms with Gasteiger partial charge in [-0.3, -0.25) is 4.79 Å². The number of nitrogens with one attached hydrogen (secondary N) is 1. The molecule has 0 bridgehead atoms. The minimum absolute atomic E-state index is 0.0198. The first-order valence-corrected chi connectivity index (χ1v) is 6.54. The van der Waals surface area contributed by atoms with E-state index in [2.05, 4.69) is 10.3 Å². The highest BCUT2D eigenvalue weighted by atomic mass is 32.1. The summed E-state index contributed by atoms with van der Waals surface area (Å²) < 4.78 is 0. The quantitative estimate of drug-likeness (QED) is 0.808. The molecule has 2 aromatic rings. The fourth-order valence-corrected chi connectivity index (χ4v) is 2.40. The molecule has 0 unspecified atom stereocenters. The molecule has 0 amide bonds. The van der Waals surface area contributed by atoms with E-state index in [0.29, 0.717) is 18.0 Å². The van der Waals surface area contributed by atoms with Crippen molar-refractivity contribution in [2.24, 2.45) is 5.73 Å². The van der Waals surface area contributed by atoms with Crippen LogP contribution in [0.4, 0.5) is 5.13 Å². The fraction of sp³-hybridized carbons (Fsp3) is 0.231. The molecule has 3 N–H and O–H groups in total. The molecule has 0 atom stereocenters. The number of thiazole rings is 1. The van der Waals surface area contributed by atoms with Crippen LogP contribution in [0.1, 0.15) is 20.8 Å². The lowest BCUT2D eigenvalue weighted by molar-refractivity contribution is 0.104. The molecular weight excluding hydrogens is 246 g/mol. The van der Waals surface area contributed by atoms with E-state index in [-0.39, 0.29) is 5.78 Å². The van der Waals surface area contributed by atoms with Crippen molar-refractivity contribution in [3.05, 3.63) is 46.5 Å². The van der Waals surface area contributed by atoms with E-state index in [1.54, 1.807) is 6.20 Å². The highest BCUT2D eigenvalue weighted by molar-refractivity contribution is 7.17. The smallest absolute Gasteiger partial charge is 0.204 e. The fourth-order valence-electron chi connectivity index (χ4n) is 1.60. The molecule has 0 spiro atoms. The Labute approximate surface area is 110 Å². The predicted octanol–water partition coefficient (Wildman–Crippen LogP) is 2.05. The zero-order chi connectivity index (χ0) is 13.0. The number of carbonyl (C=O) groups is 1. The Balaban J connectivity index is 2.19. The van der Waals surface area contributed by atoms with Gasteiger partial charge in [0.1, 0.15) is 0 Å². The maximum atomic E-state index is 12.3. The molecule has 1 aromatic carbocycles. The zero-order valence-electron chi connectivity index (χ0n) is 10.1. The second kappa shape index (κ2) is 5.75. The van der Waals surface area contributed by atoms with Gasteiger partial charge in [0.2, 0.25) is 5.78 Å². The molecule has 0 fully saturated rings. The average molecular weight is 261 g/mol. The van der Waals surface area contributed by atoms with Crippen LogP contribution in [-0.4, -0.2) is 23.9 Å². The van der Waals surface area contributed by atoms with Crippen LogP contribution in [0.3, 0.4) is 0 Å². The second-order valence-electron chi connectivity index (χ2n) is 3.89. The Morgan fingerprint density at radius 2 is 2.22 bits per heavy atom. The van der Waals surface area contributed by atoms with Crippen molar-refractivity contribution in [3.63, 3.8) is 0 Å². The van der Waals surface area contributed by atoms with Crippen LogP contribution in [0, 0.1) is 6.92 Å². The summed E-state index contributed by atoms with van der Waals surface area (Å²) in [5.41, 5.74) is 7.11. The minimum atomic E-state index is 0.0198. The third-order valence-corrected chi connectivity index (χ3v) is 3.49. The molecule has 18 heavy (non-hydrogen) atoms. The number of benzene rings is 1. The van der Waals surface area contributed by atoms with E-state index in [9.17, 15) is 4.79 Å². The van der Waals surface area contributed by atoms with Gasteiger partial charge in [-0.25, -0.2) is 4.98 Å². The van der Waals surface area contributed by atoms with E-state index in [1.807, 2.05) is 31.2 Å². The number of nitrogens with two attached hydrogens (primary N) is 1. The van der Waals surface area contributed by atoms with E-state index < -0.39 is 0 Å². The van der Waals surface area contributed by atoms with E-state index in [1.165, 1.54) is 11.3 Å². The molecule has 1 heterocycles. The summed E-state index contributed by atoms with van der Waals surface area (Å²) in [7, 11) is 0. The van der Waals surface area contributed by atoms with Gasteiger partial charge in [-0.2, -0.15) is 0 Å². The molecule has 0 radical (unpaired) electrons. The van der Waals surface area contributed by atoms with Crippen molar-refractivity contribution >= 4 is 22.3 Å². The highest BCUT2D eigenvalue weighted by Gasteiger charge is 2.14. The van der Waals surface area contributed by atoms with Crippen molar-refractivity contribution in [2.45, 2.75) is 6.92 Å². The van der Waals surface area contributed by atoms with Crippen LogP contribution in [0.25, 0.3) is 0 Å². The molecule has 0 aliphatic carbocycles. The number of aromatic nitrogens is 1. The van der Waals surface area contributed by atoms with Gasteiger partial charge in [-0.05, 0) is 12.5 Å². The first-order chi connectivity index (χ1) is 8.72. The molecule has 4 nitrogen and oxygen atoms in total. The Morgan fingerprint density at radius 1 is 1.44 bits per heavy atom. The van der Waals surface area contributed by atoms with E-state index in [0.717, 1.165) is 16.3 Å². The van der Waals surface area contributed by atoms with Crippen LogP contribution in [-0.2, 0) is 0 Å². The molecule has 94 valence electrons. The van der Waals surface area contributed by atoms with Crippen LogP contribution < -0.4 is 11.1 Å². The van der Waals surface area contributed by atoms with Gasteiger partial charge in [0.15, 0.2) is 5.13 Å². The Morgan fingerprint density at radius 3 is 2.94 bits per heavy atom. The SMILES string of the molecule is Cc1ccccc1C(=O)c1cnc(NCCN)s1. The Kier molecular flexibility index (Phi) is 4.07. The lowest BCUT2D eigenvalue weighted by atomic mass is 10.0. The number of rotatable bonds is 5. The largest absolute Gasteiger partial charge is 0.360 e. The number of ketones is 1. The average Bonchev–Trinajstić information content (AvgIpc) is 2.85. The van der Waals surface area contributed by atoms with Gasteiger partial charge in [0, 0.05) is 18.7 Å². The van der Waals surface area contributed by atoms with Gasteiger partial charge < -0.3 is 11.1 Å². The molecule has 5 heteroatoms. The summed E-state index contributed by atoms with van der Waals surface area (Å²) in [5.74, 6) is 0.0198. The Bertz CT molecular complexity index is 551. The summed E-state index contributed by atoms with van der Waals surface area (Å²) in [6.07, 6.45) is 1.61. The molecule has 1 aromatic heterocycles. The minimum Gasteiger partial charge on any atom is -0.360 e. The first-order valence-electron chi connectivity index (χ1n) is 5.72. The zero-order valence-corrected chi connectivity index (χ0v) is 11.0. The number of hydrogen-bond acceptors (Lipinski definition) is 5. The third kappa shape index (κ3) is 2.75. The molecule has 0 saturated carbocycles. The molecular formula is C13H15N3OS. The topological polar surface area (TPSA) is 68.0 Å². The van der Waals surface area contributed by atoms with Crippen LogP contribution in [0.2, 0.25) is 0 Å². The number of carbonyl (C=O) groups excluding carboxylic acids is 1.